The van der Waals surface area contributed by atoms with Gasteiger partial charge < -0.3 is 4.98 Å². The lowest BCUT2D eigenvalue weighted by Crippen LogP contribution is -1.96. The van der Waals surface area contributed by atoms with Crippen LogP contribution in [0.4, 0.5) is 0 Å². The van der Waals surface area contributed by atoms with Crippen molar-refractivity contribution < 1.29 is 0 Å². The Kier molecular flexibility index (Phi) is 1.52. The Morgan fingerprint density at radius 2 is 2.11 bits per heavy atom. The molecule has 5 rings (SSSR count). The van der Waals surface area contributed by atoms with E-state index in [0.29, 0.717) is 5.92 Å². The Morgan fingerprint density at radius 1 is 1.26 bits per heavy atom. The molecule has 0 aliphatic heterocycles. The van der Waals surface area contributed by atoms with E-state index in [9.17, 15) is 0 Å². The summed E-state index contributed by atoms with van der Waals surface area (Å²) in [6.07, 6.45) is 5.85. The van der Waals surface area contributed by atoms with E-state index in [1.54, 1.807) is 0 Å². The molecule has 1 aromatic carbocycles. The van der Waals surface area contributed by atoms with Crippen LogP contribution in [0.1, 0.15) is 34.9 Å². The Labute approximate surface area is 111 Å². The molecule has 1 N–H and O–H groups in total. The summed E-state index contributed by atoms with van der Waals surface area (Å²) in [6, 6.07) is 4.47. The normalized spacial score (nSPS) is 23.9. The minimum absolute atomic E-state index is 0.702. The SMILES string of the molecule is Cc1cc2nc3[nH]c4c(n3c2cc1C)C1CC1C=C4. The van der Waals surface area contributed by atoms with E-state index in [-0.39, 0.29) is 0 Å². The summed E-state index contributed by atoms with van der Waals surface area (Å²) < 4.78 is 2.34. The predicted molar refractivity (Wildman–Crippen MR) is 76.4 cm³/mol. The number of rotatable bonds is 0. The minimum atomic E-state index is 0.702. The van der Waals surface area contributed by atoms with Gasteiger partial charge in [0, 0.05) is 5.92 Å². The van der Waals surface area contributed by atoms with Gasteiger partial charge in [0.2, 0.25) is 5.78 Å². The Hall–Kier alpha value is -2.03. The molecule has 0 amide bonds. The molecule has 3 heteroatoms. The third-order valence-corrected chi connectivity index (χ3v) is 4.73. The van der Waals surface area contributed by atoms with Crippen molar-refractivity contribution in [2.24, 2.45) is 5.92 Å². The average molecular weight is 249 g/mol. The molecule has 0 spiro atoms. The largest absolute Gasteiger partial charge is 0.324 e. The lowest BCUT2D eigenvalue weighted by atomic mass is 10.1. The molecule has 3 nitrogen and oxygen atoms in total. The number of allylic oxidation sites excluding steroid dienone is 1. The number of imidazole rings is 2. The lowest BCUT2D eigenvalue weighted by Gasteiger charge is -2.06. The highest BCUT2D eigenvalue weighted by Crippen LogP contribution is 2.53. The molecule has 94 valence electrons. The van der Waals surface area contributed by atoms with Gasteiger partial charge in [-0.25, -0.2) is 4.98 Å². The van der Waals surface area contributed by atoms with E-state index in [4.69, 9.17) is 4.98 Å². The summed E-state index contributed by atoms with van der Waals surface area (Å²) in [6.45, 7) is 4.32. The Bertz CT molecular complexity index is 879. The first-order chi connectivity index (χ1) is 9.22. The molecule has 0 saturated heterocycles. The number of hydrogen-bond acceptors (Lipinski definition) is 1. The number of aromatic nitrogens is 3. The van der Waals surface area contributed by atoms with Crippen molar-refractivity contribution in [3.05, 3.63) is 40.7 Å². The maximum atomic E-state index is 4.75. The van der Waals surface area contributed by atoms with Crippen LogP contribution in [0, 0.1) is 19.8 Å². The molecule has 3 aromatic rings. The van der Waals surface area contributed by atoms with Crippen LogP contribution in [-0.2, 0) is 0 Å². The van der Waals surface area contributed by atoms with Gasteiger partial charge in [0.1, 0.15) is 0 Å². The number of benzene rings is 1. The van der Waals surface area contributed by atoms with Crippen LogP contribution in [0.25, 0.3) is 22.9 Å². The zero-order chi connectivity index (χ0) is 12.7. The van der Waals surface area contributed by atoms with Gasteiger partial charge in [-0.05, 0) is 55.5 Å². The van der Waals surface area contributed by atoms with Gasteiger partial charge in [-0.3, -0.25) is 4.40 Å². The number of fused-ring (bicyclic) bond motifs is 7. The molecule has 2 aromatic heterocycles. The van der Waals surface area contributed by atoms with Crippen LogP contribution in [0.15, 0.2) is 18.2 Å². The van der Waals surface area contributed by atoms with Crippen LogP contribution >= 0.6 is 0 Å². The van der Waals surface area contributed by atoms with Gasteiger partial charge in [-0.15, -0.1) is 0 Å². The second-order valence-electron chi connectivity index (χ2n) is 5.99. The van der Waals surface area contributed by atoms with E-state index < -0.39 is 0 Å². The van der Waals surface area contributed by atoms with Crippen molar-refractivity contribution in [2.75, 3.05) is 0 Å². The summed E-state index contributed by atoms with van der Waals surface area (Å²) in [5, 5.41) is 0. The molecule has 19 heavy (non-hydrogen) atoms. The van der Waals surface area contributed by atoms with Crippen molar-refractivity contribution in [1.82, 2.24) is 14.4 Å². The first kappa shape index (κ1) is 9.84. The fourth-order valence-electron chi connectivity index (χ4n) is 3.42. The van der Waals surface area contributed by atoms with Crippen LogP contribution in [0.5, 0.6) is 0 Å². The maximum absolute atomic E-state index is 4.75. The Balaban J connectivity index is 1.97. The molecule has 2 unspecified atom stereocenters. The first-order valence-electron chi connectivity index (χ1n) is 6.92. The zero-order valence-corrected chi connectivity index (χ0v) is 11.1. The highest BCUT2D eigenvalue weighted by molar-refractivity contribution is 5.83. The van der Waals surface area contributed by atoms with E-state index in [1.165, 1.54) is 34.5 Å². The van der Waals surface area contributed by atoms with E-state index in [0.717, 1.165) is 17.2 Å². The number of nitrogens with one attached hydrogen (secondary N) is 1. The summed E-state index contributed by atoms with van der Waals surface area (Å²) in [5.74, 6) is 2.45. The first-order valence-corrected chi connectivity index (χ1v) is 6.92. The third-order valence-electron chi connectivity index (χ3n) is 4.73. The summed E-state index contributed by atoms with van der Waals surface area (Å²) in [7, 11) is 0. The van der Waals surface area contributed by atoms with Gasteiger partial charge in [0.05, 0.1) is 22.4 Å². The van der Waals surface area contributed by atoms with Crippen LogP contribution in [0.2, 0.25) is 0 Å². The van der Waals surface area contributed by atoms with Gasteiger partial charge in [0.15, 0.2) is 0 Å². The maximum Gasteiger partial charge on any atom is 0.213 e. The lowest BCUT2D eigenvalue weighted by molar-refractivity contribution is 0.931. The van der Waals surface area contributed by atoms with Crippen LogP contribution in [-0.4, -0.2) is 14.4 Å². The fourth-order valence-corrected chi connectivity index (χ4v) is 3.42. The zero-order valence-electron chi connectivity index (χ0n) is 11.1. The molecule has 1 saturated carbocycles. The van der Waals surface area contributed by atoms with Crippen molar-refractivity contribution in [3.8, 4) is 0 Å². The van der Waals surface area contributed by atoms with E-state index >= 15 is 0 Å². The Morgan fingerprint density at radius 3 is 3.00 bits per heavy atom. The highest BCUT2D eigenvalue weighted by Gasteiger charge is 2.42. The van der Waals surface area contributed by atoms with Crippen molar-refractivity contribution in [3.63, 3.8) is 0 Å². The number of aryl methyl sites for hydroxylation is 2. The summed E-state index contributed by atoms with van der Waals surface area (Å²) in [5.41, 5.74) is 7.68. The standard InChI is InChI=1S/C16H15N3/c1-8-5-13-14(6-9(8)2)19-15-11-7-10(11)3-4-12(15)17-16(19)18-13/h3-6,10-11H,7H2,1-2H3,(H,17,18). The average Bonchev–Trinajstić information content (AvgIpc) is 2.98. The topological polar surface area (TPSA) is 33.1 Å². The molecule has 0 radical (unpaired) electrons. The smallest absolute Gasteiger partial charge is 0.213 e. The number of nitrogens with zero attached hydrogens (tertiary/aromatic N) is 2. The van der Waals surface area contributed by atoms with E-state index in [1.807, 2.05) is 0 Å². The minimum Gasteiger partial charge on any atom is -0.324 e. The molecule has 0 bridgehead atoms. The van der Waals surface area contributed by atoms with Gasteiger partial charge >= 0.3 is 0 Å². The quantitative estimate of drug-likeness (QED) is 0.649. The molecular formula is C16H15N3. The van der Waals surface area contributed by atoms with Crippen molar-refractivity contribution >= 4 is 22.9 Å². The molecule has 2 aliphatic rings. The summed E-state index contributed by atoms with van der Waals surface area (Å²) >= 11 is 0. The second kappa shape index (κ2) is 2.93. The predicted octanol–water partition coefficient (Wildman–Crippen LogP) is 3.56. The molecule has 2 heterocycles. The van der Waals surface area contributed by atoms with Crippen molar-refractivity contribution in [2.45, 2.75) is 26.2 Å². The fraction of sp³-hybridized carbons (Fsp3) is 0.312. The number of H-pyrrole nitrogens is 1. The molecule has 2 aliphatic carbocycles. The number of hydrogen-bond donors (Lipinski definition) is 1. The third kappa shape index (κ3) is 1.11. The van der Waals surface area contributed by atoms with Gasteiger partial charge in [-0.1, -0.05) is 6.08 Å². The van der Waals surface area contributed by atoms with Gasteiger partial charge in [0.25, 0.3) is 0 Å². The molecular weight excluding hydrogens is 234 g/mol. The van der Waals surface area contributed by atoms with Gasteiger partial charge in [-0.2, -0.15) is 0 Å². The van der Waals surface area contributed by atoms with Crippen LogP contribution < -0.4 is 0 Å². The summed E-state index contributed by atoms with van der Waals surface area (Å²) in [4.78, 5) is 8.22. The van der Waals surface area contributed by atoms with E-state index in [2.05, 4.69) is 47.5 Å². The number of aromatic amines is 1. The highest BCUT2D eigenvalue weighted by atomic mass is 15.1. The molecule has 1 fully saturated rings. The van der Waals surface area contributed by atoms with Crippen molar-refractivity contribution in [1.29, 1.82) is 0 Å². The molecule has 2 atom stereocenters. The van der Waals surface area contributed by atoms with Crippen LogP contribution in [0.3, 0.4) is 0 Å². The monoisotopic (exact) mass is 249 g/mol. The second-order valence-corrected chi connectivity index (χ2v) is 5.99.